The lowest BCUT2D eigenvalue weighted by Gasteiger charge is -2.24. The lowest BCUT2D eigenvalue weighted by Crippen LogP contribution is -2.35. The largest absolute Gasteiger partial charge is 0.480 e. The molecular weight excluding hydrogens is 461 g/mol. The number of fused-ring (bicyclic) bond motifs is 1. The zero-order chi connectivity index (χ0) is 23.8. The molecule has 2 heterocycles. The molecule has 1 aromatic heterocycles. The second kappa shape index (κ2) is 7.22. The van der Waals surface area contributed by atoms with E-state index in [1.807, 2.05) is 0 Å². The molecule has 3 unspecified atom stereocenters. The average Bonchev–Trinajstić information content (AvgIpc) is 3.61. The summed E-state index contributed by atoms with van der Waals surface area (Å²) < 4.78 is 73.9. The summed E-state index contributed by atoms with van der Waals surface area (Å²) in [4.78, 5) is 19.4. The van der Waals surface area contributed by atoms with E-state index in [-0.39, 0.29) is 27.5 Å². The number of halogens is 3. The van der Waals surface area contributed by atoms with Gasteiger partial charge in [0.25, 0.3) is 5.91 Å². The number of carbonyl (C=O) groups excluding carboxylic acids is 1. The zero-order valence-electron chi connectivity index (χ0n) is 18.1. The van der Waals surface area contributed by atoms with Crippen molar-refractivity contribution in [3.63, 3.8) is 0 Å². The van der Waals surface area contributed by atoms with Gasteiger partial charge in [-0.3, -0.25) is 4.79 Å². The number of alkyl halides is 3. The molecule has 0 radical (unpaired) electrons. The van der Waals surface area contributed by atoms with Crippen LogP contribution in [0.1, 0.15) is 54.0 Å². The summed E-state index contributed by atoms with van der Waals surface area (Å²) in [6.45, 7) is 1.58. The van der Waals surface area contributed by atoms with Crippen LogP contribution in [0.2, 0.25) is 0 Å². The van der Waals surface area contributed by atoms with Crippen LogP contribution in [0.4, 0.5) is 13.2 Å². The molecule has 2 aromatic rings. The number of nitrogens with zero attached hydrogens (tertiary/aromatic N) is 2. The molecule has 1 saturated heterocycles. The van der Waals surface area contributed by atoms with Gasteiger partial charge < -0.3 is 14.1 Å². The van der Waals surface area contributed by atoms with Crippen molar-refractivity contribution in [1.29, 1.82) is 0 Å². The SMILES string of the molecule is CC(Oc1ccc(S(C)(=O)=O)cc1C(=O)N1CC2CC2(c2coc(C3CC3)n2)C1)C(F)(F)F. The molecule has 0 bridgehead atoms. The second-order valence-electron chi connectivity index (χ2n) is 9.32. The lowest BCUT2D eigenvalue weighted by atomic mass is 10.0. The van der Waals surface area contributed by atoms with Crippen molar-refractivity contribution >= 4 is 15.7 Å². The number of hydrogen-bond acceptors (Lipinski definition) is 6. The Morgan fingerprint density at radius 1 is 1.33 bits per heavy atom. The summed E-state index contributed by atoms with van der Waals surface area (Å²) in [5.41, 5.74) is 0.280. The van der Waals surface area contributed by atoms with Gasteiger partial charge in [0.15, 0.2) is 21.8 Å². The highest BCUT2D eigenvalue weighted by molar-refractivity contribution is 7.90. The van der Waals surface area contributed by atoms with E-state index in [1.165, 1.54) is 4.90 Å². The monoisotopic (exact) mass is 484 g/mol. The first-order valence-corrected chi connectivity index (χ1v) is 12.6. The fraction of sp³-hybridized carbons (Fsp3) is 0.545. The number of benzene rings is 1. The van der Waals surface area contributed by atoms with Gasteiger partial charge in [-0.15, -0.1) is 0 Å². The van der Waals surface area contributed by atoms with Crippen LogP contribution < -0.4 is 4.74 Å². The average molecular weight is 484 g/mol. The van der Waals surface area contributed by atoms with E-state index in [0.717, 1.165) is 56.3 Å². The molecule has 1 amide bonds. The van der Waals surface area contributed by atoms with Gasteiger partial charge in [-0.05, 0) is 50.3 Å². The van der Waals surface area contributed by atoms with Gasteiger partial charge in [0.05, 0.1) is 16.2 Å². The normalized spacial score (nSPS) is 25.6. The summed E-state index contributed by atoms with van der Waals surface area (Å²) in [5, 5.41) is 0. The van der Waals surface area contributed by atoms with Gasteiger partial charge >= 0.3 is 6.18 Å². The topological polar surface area (TPSA) is 89.7 Å². The Kier molecular flexibility index (Phi) is 4.86. The maximum atomic E-state index is 13.4. The maximum absolute atomic E-state index is 13.4. The minimum Gasteiger partial charge on any atom is -0.480 e. The number of likely N-dealkylation sites (tertiary alicyclic amines) is 1. The van der Waals surface area contributed by atoms with Crippen molar-refractivity contribution in [1.82, 2.24) is 9.88 Å². The molecule has 33 heavy (non-hydrogen) atoms. The molecule has 2 saturated carbocycles. The number of amides is 1. The van der Waals surface area contributed by atoms with Crippen LogP contribution in [0, 0.1) is 5.92 Å². The van der Waals surface area contributed by atoms with Crippen molar-refractivity contribution in [2.45, 2.75) is 54.7 Å². The molecule has 3 aliphatic rings. The van der Waals surface area contributed by atoms with E-state index in [1.54, 1.807) is 6.26 Å². The fourth-order valence-electron chi connectivity index (χ4n) is 4.51. The molecule has 178 valence electrons. The Morgan fingerprint density at radius 3 is 2.70 bits per heavy atom. The molecule has 3 fully saturated rings. The van der Waals surface area contributed by atoms with E-state index in [4.69, 9.17) is 9.15 Å². The van der Waals surface area contributed by atoms with Gasteiger partial charge in [-0.2, -0.15) is 13.2 Å². The Labute approximate surface area is 188 Å². The molecule has 2 aliphatic carbocycles. The van der Waals surface area contributed by atoms with Gasteiger partial charge in [0.1, 0.15) is 12.0 Å². The fourth-order valence-corrected chi connectivity index (χ4v) is 5.15. The summed E-state index contributed by atoms with van der Waals surface area (Å²) >= 11 is 0. The predicted molar refractivity (Wildman–Crippen MR) is 110 cm³/mol. The summed E-state index contributed by atoms with van der Waals surface area (Å²) in [6, 6.07) is 3.34. The third kappa shape index (κ3) is 4.00. The molecule has 1 aliphatic heterocycles. The van der Waals surface area contributed by atoms with Crippen LogP contribution in [0.15, 0.2) is 33.8 Å². The Bertz CT molecular complexity index is 1220. The Hall–Kier alpha value is -2.56. The van der Waals surface area contributed by atoms with Crippen molar-refractivity contribution < 1.29 is 35.5 Å². The number of carbonyl (C=O) groups is 1. The van der Waals surface area contributed by atoms with E-state index < -0.39 is 28.0 Å². The molecule has 0 spiro atoms. The summed E-state index contributed by atoms with van der Waals surface area (Å²) in [5.74, 6) is 0.384. The maximum Gasteiger partial charge on any atom is 0.425 e. The number of oxazole rings is 1. The van der Waals surface area contributed by atoms with E-state index in [9.17, 15) is 26.4 Å². The first-order valence-electron chi connectivity index (χ1n) is 10.7. The highest BCUT2D eigenvalue weighted by atomic mass is 32.2. The lowest BCUT2D eigenvalue weighted by molar-refractivity contribution is -0.189. The highest BCUT2D eigenvalue weighted by Gasteiger charge is 2.63. The quantitative estimate of drug-likeness (QED) is 0.621. The van der Waals surface area contributed by atoms with E-state index in [2.05, 4.69) is 4.98 Å². The van der Waals surface area contributed by atoms with Crippen LogP contribution >= 0.6 is 0 Å². The minimum absolute atomic E-state index is 0.164. The number of hydrogen-bond donors (Lipinski definition) is 0. The molecule has 7 nitrogen and oxygen atoms in total. The van der Waals surface area contributed by atoms with Gasteiger partial charge in [-0.25, -0.2) is 13.4 Å². The first-order chi connectivity index (χ1) is 15.4. The van der Waals surface area contributed by atoms with Gasteiger partial charge in [0.2, 0.25) is 0 Å². The number of sulfone groups is 1. The number of rotatable bonds is 6. The molecule has 5 rings (SSSR count). The Balaban J connectivity index is 1.42. The molecule has 1 aromatic carbocycles. The molecule has 3 atom stereocenters. The third-order valence-corrected chi connectivity index (χ3v) is 7.88. The summed E-state index contributed by atoms with van der Waals surface area (Å²) in [7, 11) is -3.68. The van der Waals surface area contributed by atoms with Crippen LogP contribution in [0.5, 0.6) is 5.75 Å². The standard InChI is InChI=1S/C22H23F3N2O5S/c1-12(22(23,24)25)32-17-6-5-15(33(2,29)30)7-16(17)20(28)27-9-14-8-21(14,11-27)18-10-31-19(26-18)13-3-4-13/h5-7,10,12-14H,3-4,8-9,11H2,1-2H3. The zero-order valence-corrected chi connectivity index (χ0v) is 18.9. The van der Waals surface area contributed by atoms with Crippen molar-refractivity contribution in [3.8, 4) is 5.75 Å². The second-order valence-corrected chi connectivity index (χ2v) is 11.3. The van der Waals surface area contributed by atoms with E-state index >= 15 is 0 Å². The number of ether oxygens (including phenoxy) is 1. The van der Waals surface area contributed by atoms with Crippen molar-refractivity contribution in [2.75, 3.05) is 19.3 Å². The minimum atomic E-state index is -4.64. The van der Waals surface area contributed by atoms with Crippen LogP contribution in [-0.2, 0) is 15.3 Å². The van der Waals surface area contributed by atoms with Crippen molar-refractivity contribution in [2.24, 2.45) is 5.92 Å². The van der Waals surface area contributed by atoms with Gasteiger partial charge in [0, 0.05) is 30.7 Å². The Morgan fingerprint density at radius 2 is 2.06 bits per heavy atom. The van der Waals surface area contributed by atoms with Crippen LogP contribution in [0.25, 0.3) is 0 Å². The molecule has 11 heteroatoms. The smallest absolute Gasteiger partial charge is 0.425 e. The van der Waals surface area contributed by atoms with E-state index in [0.29, 0.717) is 24.9 Å². The predicted octanol–water partition coefficient (Wildman–Crippen LogP) is 3.70. The molecule has 0 N–H and O–H groups in total. The number of aromatic nitrogens is 1. The van der Waals surface area contributed by atoms with Crippen LogP contribution in [-0.4, -0.2) is 55.8 Å². The third-order valence-electron chi connectivity index (χ3n) is 6.77. The van der Waals surface area contributed by atoms with Crippen LogP contribution in [0.3, 0.4) is 0 Å². The summed E-state index contributed by atoms with van der Waals surface area (Å²) in [6.07, 6.45) is -1.23. The molecular formula is C22H23F3N2O5S. The van der Waals surface area contributed by atoms with Gasteiger partial charge in [-0.1, -0.05) is 0 Å². The number of piperidine rings is 1. The van der Waals surface area contributed by atoms with Crippen molar-refractivity contribution in [3.05, 3.63) is 41.6 Å². The first kappa shape index (κ1) is 22.2. The highest BCUT2D eigenvalue weighted by Crippen LogP contribution is 2.59.